The number of piperidine rings is 1. The van der Waals surface area contributed by atoms with Gasteiger partial charge in [0.2, 0.25) is 0 Å². The zero-order chi connectivity index (χ0) is 12.1. The number of urea groups is 1. The molecule has 0 unspecified atom stereocenters. The van der Waals surface area contributed by atoms with Crippen molar-refractivity contribution in [3.63, 3.8) is 0 Å². The minimum Gasteiger partial charge on any atom is -0.334 e. The molecule has 0 atom stereocenters. The third-order valence-corrected chi connectivity index (χ3v) is 3.17. The van der Waals surface area contributed by atoms with Crippen LogP contribution in [0.5, 0.6) is 0 Å². The molecule has 0 radical (unpaired) electrons. The van der Waals surface area contributed by atoms with Crippen LogP contribution in [-0.4, -0.2) is 24.0 Å². The summed E-state index contributed by atoms with van der Waals surface area (Å²) in [6.07, 6.45) is 3.53. The Labute approximate surface area is 103 Å². The lowest BCUT2D eigenvalue weighted by atomic mass is 10.1. The van der Waals surface area contributed by atoms with Gasteiger partial charge in [-0.25, -0.2) is 4.79 Å². The SMILES string of the molecule is Cc1cccc(CNC(=O)N2CCCCC2)c1. The van der Waals surface area contributed by atoms with E-state index in [0.29, 0.717) is 6.54 Å². The van der Waals surface area contributed by atoms with Crippen molar-refractivity contribution in [2.45, 2.75) is 32.7 Å². The molecule has 3 nitrogen and oxygen atoms in total. The van der Waals surface area contributed by atoms with Gasteiger partial charge in [-0.15, -0.1) is 0 Å². The Morgan fingerprint density at radius 2 is 2.06 bits per heavy atom. The van der Waals surface area contributed by atoms with Gasteiger partial charge in [-0.3, -0.25) is 0 Å². The second-order valence-corrected chi connectivity index (χ2v) is 4.70. The normalized spacial score (nSPS) is 15.7. The molecule has 0 aliphatic carbocycles. The number of carbonyl (C=O) groups is 1. The minimum absolute atomic E-state index is 0.0752. The fraction of sp³-hybridized carbons (Fsp3) is 0.500. The van der Waals surface area contributed by atoms with Crippen LogP contribution in [0.1, 0.15) is 30.4 Å². The molecule has 0 bridgehead atoms. The largest absolute Gasteiger partial charge is 0.334 e. The molecule has 2 rings (SSSR count). The summed E-state index contributed by atoms with van der Waals surface area (Å²) >= 11 is 0. The molecule has 0 spiro atoms. The number of amides is 2. The Morgan fingerprint density at radius 1 is 1.29 bits per heavy atom. The Kier molecular flexibility index (Phi) is 4.02. The van der Waals surface area contributed by atoms with E-state index in [4.69, 9.17) is 0 Å². The van der Waals surface area contributed by atoms with Crippen LogP contribution >= 0.6 is 0 Å². The van der Waals surface area contributed by atoms with Gasteiger partial charge in [-0.1, -0.05) is 29.8 Å². The average molecular weight is 232 g/mol. The van der Waals surface area contributed by atoms with Crippen molar-refractivity contribution >= 4 is 6.03 Å². The lowest BCUT2D eigenvalue weighted by Gasteiger charge is -2.26. The van der Waals surface area contributed by atoms with Gasteiger partial charge in [0.05, 0.1) is 0 Å². The summed E-state index contributed by atoms with van der Waals surface area (Å²) in [5, 5.41) is 2.98. The number of rotatable bonds is 2. The number of hydrogen-bond acceptors (Lipinski definition) is 1. The van der Waals surface area contributed by atoms with Gasteiger partial charge in [0.1, 0.15) is 0 Å². The van der Waals surface area contributed by atoms with Crippen LogP contribution in [0.25, 0.3) is 0 Å². The van der Waals surface area contributed by atoms with Gasteiger partial charge >= 0.3 is 6.03 Å². The first-order valence-electron chi connectivity index (χ1n) is 6.34. The molecule has 1 heterocycles. The van der Waals surface area contributed by atoms with Gasteiger partial charge in [0.25, 0.3) is 0 Å². The molecule has 2 amide bonds. The molecule has 1 fully saturated rings. The van der Waals surface area contributed by atoms with E-state index >= 15 is 0 Å². The summed E-state index contributed by atoms with van der Waals surface area (Å²) in [6, 6.07) is 8.32. The molecule has 1 aromatic carbocycles. The predicted octanol–water partition coefficient (Wildman–Crippen LogP) is 2.69. The highest BCUT2D eigenvalue weighted by Crippen LogP contribution is 2.09. The number of aryl methyl sites for hydroxylation is 1. The van der Waals surface area contributed by atoms with Gasteiger partial charge in [-0.05, 0) is 31.7 Å². The molecular weight excluding hydrogens is 212 g/mol. The smallest absolute Gasteiger partial charge is 0.317 e. The summed E-state index contributed by atoms with van der Waals surface area (Å²) in [6.45, 7) is 4.49. The van der Waals surface area contributed by atoms with E-state index in [0.717, 1.165) is 31.5 Å². The molecule has 1 aliphatic heterocycles. The van der Waals surface area contributed by atoms with Crippen molar-refractivity contribution in [2.75, 3.05) is 13.1 Å². The van der Waals surface area contributed by atoms with Gasteiger partial charge in [0.15, 0.2) is 0 Å². The van der Waals surface area contributed by atoms with Crippen LogP contribution in [-0.2, 0) is 6.54 Å². The van der Waals surface area contributed by atoms with Crippen LogP contribution < -0.4 is 5.32 Å². The molecule has 3 heteroatoms. The highest BCUT2D eigenvalue weighted by atomic mass is 16.2. The zero-order valence-electron chi connectivity index (χ0n) is 10.4. The fourth-order valence-corrected chi connectivity index (χ4v) is 2.21. The molecule has 0 saturated carbocycles. The van der Waals surface area contributed by atoms with Crippen molar-refractivity contribution in [3.05, 3.63) is 35.4 Å². The highest BCUT2D eigenvalue weighted by Gasteiger charge is 2.15. The van der Waals surface area contributed by atoms with E-state index in [9.17, 15) is 4.79 Å². The lowest BCUT2D eigenvalue weighted by molar-refractivity contribution is 0.186. The molecule has 1 aromatic rings. The molecule has 92 valence electrons. The maximum atomic E-state index is 11.9. The molecular formula is C14H20N2O. The van der Waals surface area contributed by atoms with Crippen molar-refractivity contribution < 1.29 is 4.79 Å². The van der Waals surface area contributed by atoms with E-state index in [1.54, 1.807) is 0 Å². The second-order valence-electron chi connectivity index (χ2n) is 4.70. The summed E-state index contributed by atoms with van der Waals surface area (Å²) in [5.74, 6) is 0. The standard InChI is InChI=1S/C14H20N2O/c1-12-6-5-7-13(10-12)11-15-14(17)16-8-3-2-4-9-16/h5-7,10H,2-4,8-9,11H2,1H3,(H,15,17). The van der Waals surface area contributed by atoms with Crippen LogP contribution in [0.3, 0.4) is 0 Å². The van der Waals surface area contributed by atoms with Crippen molar-refractivity contribution in [1.29, 1.82) is 0 Å². The Bertz CT molecular complexity index is 384. The number of carbonyl (C=O) groups excluding carboxylic acids is 1. The fourth-order valence-electron chi connectivity index (χ4n) is 2.21. The van der Waals surface area contributed by atoms with E-state index in [1.807, 2.05) is 17.0 Å². The van der Waals surface area contributed by atoms with Gasteiger partial charge in [-0.2, -0.15) is 0 Å². The summed E-state index contributed by atoms with van der Waals surface area (Å²) in [4.78, 5) is 13.8. The van der Waals surface area contributed by atoms with Crippen molar-refractivity contribution in [1.82, 2.24) is 10.2 Å². The monoisotopic (exact) mass is 232 g/mol. The maximum Gasteiger partial charge on any atom is 0.317 e. The van der Waals surface area contributed by atoms with E-state index < -0.39 is 0 Å². The Balaban J connectivity index is 1.83. The summed E-state index contributed by atoms with van der Waals surface area (Å²) in [5.41, 5.74) is 2.39. The van der Waals surface area contributed by atoms with E-state index in [-0.39, 0.29) is 6.03 Å². The number of benzene rings is 1. The summed E-state index contributed by atoms with van der Waals surface area (Å²) < 4.78 is 0. The van der Waals surface area contributed by atoms with E-state index in [1.165, 1.54) is 12.0 Å². The molecule has 0 aromatic heterocycles. The number of hydrogen-bond donors (Lipinski definition) is 1. The zero-order valence-corrected chi connectivity index (χ0v) is 10.4. The van der Waals surface area contributed by atoms with Gasteiger partial charge in [0, 0.05) is 19.6 Å². The Morgan fingerprint density at radius 3 is 2.76 bits per heavy atom. The van der Waals surface area contributed by atoms with Crippen LogP contribution in [0, 0.1) is 6.92 Å². The molecule has 17 heavy (non-hydrogen) atoms. The quantitative estimate of drug-likeness (QED) is 0.835. The minimum atomic E-state index is 0.0752. The van der Waals surface area contributed by atoms with Crippen LogP contribution in [0.15, 0.2) is 24.3 Å². The summed E-state index contributed by atoms with van der Waals surface area (Å²) in [7, 11) is 0. The first kappa shape index (κ1) is 12.0. The number of nitrogens with one attached hydrogen (secondary N) is 1. The van der Waals surface area contributed by atoms with Crippen molar-refractivity contribution in [3.8, 4) is 0 Å². The molecule has 1 saturated heterocycles. The topological polar surface area (TPSA) is 32.3 Å². The first-order chi connectivity index (χ1) is 8.25. The predicted molar refractivity (Wildman–Crippen MR) is 68.8 cm³/mol. The first-order valence-corrected chi connectivity index (χ1v) is 6.34. The molecule has 1 N–H and O–H groups in total. The highest BCUT2D eigenvalue weighted by molar-refractivity contribution is 5.74. The lowest BCUT2D eigenvalue weighted by Crippen LogP contribution is -2.42. The third-order valence-electron chi connectivity index (χ3n) is 3.17. The average Bonchev–Trinajstić information content (AvgIpc) is 2.37. The molecule has 1 aliphatic rings. The third kappa shape index (κ3) is 3.48. The van der Waals surface area contributed by atoms with Crippen LogP contribution in [0.4, 0.5) is 4.79 Å². The van der Waals surface area contributed by atoms with E-state index in [2.05, 4.69) is 24.4 Å². The number of nitrogens with zero attached hydrogens (tertiary/aromatic N) is 1. The second kappa shape index (κ2) is 5.71. The Hall–Kier alpha value is -1.51. The number of likely N-dealkylation sites (tertiary alicyclic amines) is 1. The maximum absolute atomic E-state index is 11.9. The van der Waals surface area contributed by atoms with Crippen LogP contribution in [0.2, 0.25) is 0 Å². The van der Waals surface area contributed by atoms with Crippen molar-refractivity contribution in [2.24, 2.45) is 0 Å². The van der Waals surface area contributed by atoms with Gasteiger partial charge < -0.3 is 10.2 Å².